The van der Waals surface area contributed by atoms with Crippen LogP contribution >= 0.6 is 11.6 Å². The number of hydrogen-bond donors (Lipinski definition) is 1. The highest BCUT2D eigenvalue weighted by atomic mass is 35.5. The molecule has 1 aromatic rings. The van der Waals surface area contributed by atoms with Crippen molar-refractivity contribution in [3.05, 3.63) is 41.1 Å². The number of ether oxygens (including phenoxy) is 2. The molecule has 0 amide bonds. The SMILES string of the molecule is COC(=O)C=C(Nc1ccc(Cl)cc1)C(=O)OC. The molecular weight excluding hydrogens is 258 g/mol. The van der Waals surface area contributed by atoms with Crippen LogP contribution in [0.5, 0.6) is 0 Å². The lowest BCUT2D eigenvalue weighted by atomic mass is 10.3. The summed E-state index contributed by atoms with van der Waals surface area (Å²) in [7, 11) is 2.44. The van der Waals surface area contributed by atoms with Gasteiger partial charge in [0.15, 0.2) is 0 Å². The molecule has 0 aromatic heterocycles. The highest BCUT2D eigenvalue weighted by Crippen LogP contribution is 2.15. The lowest BCUT2D eigenvalue weighted by Gasteiger charge is -2.08. The van der Waals surface area contributed by atoms with Gasteiger partial charge in [0.05, 0.1) is 20.3 Å². The summed E-state index contributed by atoms with van der Waals surface area (Å²) >= 11 is 5.74. The van der Waals surface area contributed by atoms with Crippen LogP contribution in [-0.4, -0.2) is 26.2 Å². The van der Waals surface area contributed by atoms with Crippen molar-refractivity contribution in [3.63, 3.8) is 0 Å². The number of nitrogens with one attached hydrogen (secondary N) is 1. The lowest BCUT2D eigenvalue weighted by Crippen LogP contribution is -2.15. The Balaban J connectivity index is 2.91. The molecule has 1 N–H and O–H groups in total. The Hall–Kier alpha value is -2.01. The van der Waals surface area contributed by atoms with Crippen molar-refractivity contribution < 1.29 is 19.1 Å². The largest absolute Gasteiger partial charge is 0.466 e. The summed E-state index contributed by atoms with van der Waals surface area (Å²) in [5.74, 6) is -1.33. The molecule has 0 radical (unpaired) electrons. The monoisotopic (exact) mass is 269 g/mol. The second-order valence-electron chi connectivity index (χ2n) is 3.20. The van der Waals surface area contributed by atoms with E-state index in [1.54, 1.807) is 24.3 Å². The van der Waals surface area contributed by atoms with Crippen LogP contribution < -0.4 is 5.32 Å². The Morgan fingerprint density at radius 2 is 1.78 bits per heavy atom. The Kier molecular flexibility index (Phi) is 5.20. The van der Waals surface area contributed by atoms with Gasteiger partial charge >= 0.3 is 11.9 Å². The molecule has 0 aliphatic carbocycles. The summed E-state index contributed by atoms with van der Waals surface area (Å²) in [5.41, 5.74) is 0.576. The minimum absolute atomic E-state index is 0.0216. The normalized spacial score (nSPS) is 10.7. The highest BCUT2D eigenvalue weighted by molar-refractivity contribution is 6.30. The predicted molar refractivity (Wildman–Crippen MR) is 67.2 cm³/mol. The minimum Gasteiger partial charge on any atom is -0.466 e. The summed E-state index contributed by atoms with van der Waals surface area (Å²) in [6.07, 6.45) is 1.01. The van der Waals surface area contributed by atoms with Crippen molar-refractivity contribution in [2.24, 2.45) is 0 Å². The maximum absolute atomic E-state index is 11.4. The molecule has 0 fully saturated rings. The second-order valence-corrected chi connectivity index (χ2v) is 3.64. The molecule has 0 saturated heterocycles. The van der Waals surface area contributed by atoms with Crippen molar-refractivity contribution in [2.75, 3.05) is 19.5 Å². The third kappa shape index (κ3) is 4.10. The number of anilines is 1. The van der Waals surface area contributed by atoms with Gasteiger partial charge in [0.2, 0.25) is 0 Å². The number of halogens is 1. The van der Waals surface area contributed by atoms with Gasteiger partial charge in [-0.3, -0.25) is 0 Å². The smallest absolute Gasteiger partial charge is 0.354 e. The molecule has 0 saturated carbocycles. The van der Waals surface area contributed by atoms with Gasteiger partial charge < -0.3 is 14.8 Å². The van der Waals surface area contributed by atoms with E-state index in [-0.39, 0.29) is 5.70 Å². The summed E-state index contributed by atoms with van der Waals surface area (Å²) in [6.45, 7) is 0. The van der Waals surface area contributed by atoms with Gasteiger partial charge in [0.1, 0.15) is 5.70 Å². The summed E-state index contributed by atoms with van der Waals surface area (Å²) in [6, 6.07) is 6.63. The van der Waals surface area contributed by atoms with Gasteiger partial charge in [-0.05, 0) is 24.3 Å². The Morgan fingerprint density at radius 1 is 1.17 bits per heavy atom. The van der Waals surface area contributed by atoms with Crippen LogP contribution in [0.4, 0.5) is 5.69 Å². The third-order valence-electron chi connectivity index (χ3n) is 1.99. The van der Waals surface area contributed by atoms with Crippen molar-refractivity contribution in [1.29, 1.82) is 0 Å². The van der Waals surface area contributed by atoms with E-state index in [2.05, 4.69) is 14.8 Å². The lowest BCUT2D eigenvalue weighted by molar-refractivity contribution is -0.138. The fraction of sp³-hybridized carbons (Fsp3) is 0.167. The summed E-state index contributed by atoms with van der Waals surface area (Å²) < 4.78 is 9.00. The number of rotatable bonds is 4. The van der Waals surface area contributed by atoms with Crippen LogP contribution in [0, 0.1) is 0 Å². The molecule has 0 spiro atoms. The van der Waals surface area contributed by atoms with Crippen molar-refractivity contribution in [3.8, 4) is 0 Å². The van der Waals surface area contributed by atoms with Crippen LogP contribution in [0.25, 0.3) is 0 Å². The van der Waals surface area contributed by atoms with Gasteiger partial charge in [0, 0.05) is 10.7 Å². The molecule has 1 rings (SSSR count). The molecule has 18 heavy (non-hydrogen) atoms. The Morgan fingerprint density at radius 3 is 2.28 bits per heavy atom. The fourth-order valence-electron chi connectivity index (χ4n) is 1.12. The topological polar surface area (TPSA) is 64.6 Å². The third-order valence-corrected chi connectivity index (χ3v) is 2.24. The molecule has 96 valence electrons. The first kappa shape index (κ1) is 14.1. The van der Waals surface area contributed by atoms with E-state index in [0.29, 0.717) is 10.7 Å². The molecule has 0 aliphatic rings. The van der Waals surface area contributed by atoms with E-state index in [4.69, 9.17) is 11.6 Å². The van der Waals surface area contributed by atoms with E-state index in [9.17, 15) is 9.59 Å². The predicted octanol–water partition coefficient (Wildman–Crippen LogP) is 1.98. The van der Waals surface area contributed by atoms with Gasteiger partial charge in [-0.1, -0.05) is 11.6 Å². The number of hydrogen-bond acceptors (Lipinski definition) is 5. The van der Waals surface area contributed by atoms with Crippen molar-refractivity contribution >= 4 is 29.2 Å². The van der Waals surface area contributed by atoms with Crippen LogP contribution in [0.3, 0.4) is 0 Å². The van der Waals surface area contributed by atoms with E-state index >= 15 is 0 Å². The number of carbonyl (C=O) groups is 2. The van der Waals surface area contributed by atoms with Gasteiger partial charge in [-0.15, -0.1) is 0 Å². The average molecular weight is 270 g/mol. The second kappa shape index (κ2) is 6.66. The average Bonchev–Trinajstić information content (AvgIpc) is 2.39. The van der Waals surface area contributed by atoms with Crippen molar-refractivity contribution in [1.82, 2.24) is 0 Å². The first-order chi connectivity index (χ1) is 8.56. The molecular formula is C12H12ClNO4. The molecule has 0 unspecified atom stereocenters. The zero-order valence-corrected chi connectivity index (χ0v) is 10.7. The van der Waals surface area contributed by atoms with Gasteiger partial charge in [-0.25, -0.2) is 9.59 Å². The van der Waals surface area contributed by atoms with Crippen molar-refractivity contribution in [2.45, 2.75) is 0 Å². The number of methoxy groups -OCH3 is 2. The maximum Gasteiger partial charge on any atom is 0.354 e. The van der Waals surface area contributed by atoms with Crippen LogP contribution in [0.2, 0.25) is 5.02 Å². The maximum atomic E-state index is 11.4. The fourth-order valence-corrected chi connectivity index (χ4v) is 1.25. The zero-order chi connectivity index (χ0) is 13.5. The number of carbonyl (C=O) groups excluding carboxylic acids is 2. The van der Waals surface area contributed by atoms with E-state index < -0.39 is 11.9 Å². The first-order valence-electron chi connectivity index (χ1n) is 4.97. The summed E-state index contributed by atoms with van der Waals surface area (Å²) in [5, 5.41) is 3.32. The quantitative estimate of drug-likeness (QED) is 0.669. The zero-order valence-electron chi connectivity index (χ0n) is 9.90. The Bertz CT molecular complexity index is 467. The number of benzene rings is 1. The molecule has 0 aliphatic heterocycles. The van der Waals surface area contributed by atoms with E-state index in [0.717, 1.165) is 6.08 Å². The molecule has 0 heterocycles. The van der Waals surface area contributed by atoms with E-state index in [1.807, 2.05) is 0 Å². The van der Waals surface area contributed by atoms with Crippen LogP contribution in [0.15, 0.2) is 36.0 Å². The van der Waals surface area contributed by atoms with Crippen LogP contribution in [0.1, 0.15) is 0 Å². The van der Waals surface area contributed by atoms with E-state index in [1.165, 1.54) is 14.2 Å². The number of esters is 2. The Labute approximate surface area is 109 Å². The molecule has 0 bridgehead atoms. The van der Waals surface area contributed by atoms with Gasteiger partial charge in [-0.2, -0.15) is 0 Å². The molecule has 1 aromatic carbocycles. The molecule has 5 nitrogen and oxygen atoms in total. The first-order valence-corrected chi connectivity index (χ1v) is 5.35. The standard InChI is InChI=1S/C12H12ClNO4/c1-17-11(15)7-10(12(16)18-2)14-9-5-3-8(13)4-6-9/h3-7,14H,1-2H3. The summed E-state index contributed by atoms with van der Waals surface area (Å²) in [4.78, 5) is 22.6. The highest BCUT2D eigenvalue weighted by Gasteiger charge is 2.12. The molecule has 6 heteroatoms. The minimum atomic E-state index is -0.671. The van der Waals surface area contributed by atoms with Gasteiger partial charge in [0.25, 0.3) is 0 Å². The van der Waals surface area contributed by atoms with Crippen LogP contribution in [-0.2, 0) is 19.1 Å². The molecule has 0 atom stereocenters.